The van der Waals surface area contributed by atoms with Gasteiger partial charge in [-0.15, -0.1) is 0 Å². The van der Waals surface area contributed by atoms with Crippen molar-refractivity contribution in [2.45, 2.75) is 33.6 Å². The first-order valence-corrected chi connectivity index (χ1v) is 7.48. The van der Waals surface area contributed by atoms with Gasteiger partial charge in [0.05, 0.1) is 13.3 Å². The van der Waals surface area contributed by atoms with Gasteiger partial charge in [-0.25, -0.2) is 5.43 Å². The lowest BCUT2D eigenvalue weighted by molar-refractivity contribution is 0.415. The third-order valence-corrected chi connectivity index (χ3v) is 3.35. The maximum Gasteiger partial charge on any atom is 0.209 e. The number of rotatable bonds is 7. The molecule has 1 heterocycles. The number of aromatic nitrogens is 1. The van der Waals surface area contributed by atoms with E-state index in [1.165, 1.54) is 6.42 Å². The number of nitrogens with zero attached hydrogens (tertiary/aromatic N) is 2. The molecule has 1 aromatic carbocycles. The van der Waals surface area contributed by atoms with E-state index in [1.807, 2.05) is 24.4 Å². The molecule has 0 aliphatic rings. The summed E-state index contributed by atoms with van der Waals surface area (Å²) in [6.07, 6.45) is 6.99. The minimum absolute atomic E-state index is 0. The molecule has 0 aliphatic carbocycles. The van der Waals surface area contributed by atoms with E-state index in [9.17, 15) is 0 Å². The van der Waals surface area contributed by atoms with Crippen LogP contribution in [0.3, 0.4) is 0 Å². The van der Waals surface area contributed by atoms with Gasteiger partial charge in [-0.2, -0.15) is 5.10 Å². The molecule has 6 nitrogen and oxygen atoms in total. The third kappa shape index (κ3) is 5.32. The summed E-state index contributed by atoms with van der Waals surface area (Å²) in [6.45, 7) is 2.89. The highest BCUT2D eigenvalue weighted by atomic mass is 16.5. The summed E-state index contributed by atoms with van der Waals surface area (Å²) in [5, 5.41) is 5.17. The van der Waals surface area contributed by atoms with Crippen molar-refractivity contribution in [1.82, 2.24) is 10.4 Å². The first-order chi connectivity index (χ1) is 10.7. The van der Waals surface area contributed by atoms with Gasteiger partial charge in [0, 0.05) is 29.2 Å². The van der Waals surface area contributed by atoms with Crippen LogP contribution in [0.2, 0.25) is 0 Å². The van der Waals surface area contributed by atoms with Crippen molar-refractivity contribution in [2.75, 3.05) is 13.7 Å². The molecule has 0 saturated carbocycles. The second-order valence-electron chi connectivity index (χ2n) is 5.00. The molecular weight excluding hydrogens is 290 g/mol. The van der Waals surface area contributed by atoms with Gasteiger partial charge >= 0.3 is 0 Å². The zero-order valence-corrected chi connectivity index (χ0v) is 13.1. The molecular formula is C17H27N5O. The van der Waals surface area contributed by atoms with E-state index in [4.69, 9.17) is 10.5 Å². The number of methoxy groups -OCH3 is 1. The van der Waals surface area contributed by atoms with Crippen LogP contribution in [0.5, 0.6) is 5.75 Å². The predicted molar refractivity (Wildman–Crippen MR) is 98.3 cm³/mol. The Morgan fingerprint density at radius 3 is 2.96 bits per heavy atom. The average Bonchev–Trinajstić information content (AvgIpc) is 2.94. The molecule has 0 aliphatic heterocycles. The molecule has 0 radical (unpaired) electrons. The molecule has 23 heavy (non-hydrogen) atoms. The molecule has 0 spiro atoms. The maximum atomic E-state index is 5.75. The van der Waals surface area contributed by atoms with Crippen LogP contribution in [-0.4, -0.2) is 30.8 Å². The van der Waals surface area contributed by atoms with E-state index in [0.29, 0.717) is 5.96 Å². The van der Waals surface area contributed by atoms with Crippen molar-refractivity contribution in [3.63, 3.8) is 0 Å². The lowest BCUT2D eigenvalue weighted by Crippen LogP contribution is -2.27. The molecule has 0 atom stereocenters. The minimum Gasteiger partial charge on any atom is -0.497 e. The second-order valence-corrected chi connectivity index (χ2v) is 5.00. The molecule has 4 N–H and O–H groups in total. The van der Waals surface area contributed by atoms with Gasteiger partial charge in [0.15, 0.2) is 0 Å². The van der Waals surface area contributed by atoms with Gasteiger partial charge < -0.3 is 15.5 Å². The zero-order valence-electron chi connectivity index (χ0n) is 13.1. The first-order valence-electron chi connectivity index (χ1n) is 7.48. The topological polar surface area (TPSA) is 87.8 Å². The fourth-order valence-corrected chi connectivity index (χ4v) is 2.12. The van der Waals surface area contributed by atoms with E-state index in [1.54, 1.807) is 13.3 Å². The fraction of sp³-hybridized carbons (Fsp3) is 0.412. The Morgan fingerprint density at radius 1 is 1.39 bits per heavy atom. The summed E-state index contributed by atoms with van der Waals surface area (Å²) >= 11 is 0. The summed E-state index contributed by atoms with van der Waals surface area (Å²) in [6, 6.07) is 5.86. The minimum atomic E-state index is 0. The number of aromatic amines is 1. The highest BCUT2D eigenvalue weighted by Crippen LogP contribution is 2.22. The summed E-state index contributed by atoms with van der Waals surface area (Å²) < 4.78 is 5.24. The number of aliphatic imine (C=N–C) groups is 1. The predicted octanol–water partition coefficient (Wildman–Crippen LogP) is 3.24. The molecule has 0 amide bonds. The Balaban J connectivity index is 0.00000264. The molecule has 1 aromatic heterocycles. The number of hydrazone groups is 1. The van der Waals surface area contributed by atoms with Crippen molar-refractivity contribution in [3.05, 3.63) is 30.0 Å². The van der Waals surface area contributed by atoms with E-state index < -0.39 is 0 Å². The number of benzene rings is 1. The maximum absolute atomic E-state index is 5.75. The Labute approximate surface area is 137 Å². The van der Waals surface area contributed by atoms with Crippen LogP contribution < -0.4 is 15.9 Å². The van der Waals surface area contributed by atoms with Crippen LogP contribution in [0.15, 0.2) is 34.5 Å². The number of guanidine groups is 1. The first kappa shape index (κ1) is 18.5. The van der Waals surface area contributed by atoms with Gasteiger partial charge in [-0.3, -0.25) is 4.99 Å². The number of hydrogen-bond donors (Lipinski definition) is 3. The normalized spacial score (nSPS) is 11.7. The molecule has 0 fully saturated rings. The molecule has 2 aromatic rings. The molecule has 0 unspecified atom stereocenters. The number of fused-ring (bicyclic) bond motifs is 1. The number of ether oxygens (including phenoxy) is 1. The molecule has 0 saturated heterocycles. The summed E-state index contributed by atoms with van der Waals surface area (Å²) in [5.74, 6) is 1.15. The van der Waals surface area contributed by atoms with Crippen molar-refractivity contribution in [3.8, 4) is 5.75 Å². The van der Waals surface area contributed by atoms with Crippen molar-refractivity contribution < 1.29 is 4.74 Å². The van der Waals surface area contributed by atoms with E-state index in [2.05, 4.69) is 27.4 Å². The highest BCUT2D eigenvalue weighted by molar-refractivity contribution is 5.99. The monoisotopic (exact) mass is 317 g/mol. The van der Waals surface area contributed by atoms with Crippen LogP contribution >= 0.6 is 0 Å². The number of nitrogens with two attached hydrogens (primary N) is 1. The SMILES string of the molecule is C.CCCCCN=C(N)N/N=C/c1c[nH]c2ccc(OC)cc12. The largest absolute Gasteiger partial charge is 0.497 e. The summed E-state index contributed by atoms with van der Waals surface area (Å²) in [4.78, 5) is 7.40. The lowest BCUT2D eigenvalue weighted by Gasteiger charge is -2.00. The van der Waals surface area contributed by atoms with Crippen LogP contribution in [0.25, 0.3) is 10.9 Å². The zero-order chi connectivity index (χ0) is 15.8. The quantitative estimate of drug-likeness (QED) is 0.317. The smallest absolute Gasteiger partial charge is 0.209 e. The van der Waals surface area contributed by atoms with Gasteiger partial charge in [0.25, 0.3) is 0 Å². The molecule has 126 valence electrons. The Kier molecular flexibility index (Phi) is 7.66. The van der Waals surface area contributed by atoms with Crippen molar-refractivity contribution in [1.29, 1.82) is 0 Å². The number of hydrogen-bond acceptors (Lipinski definition) is 3. The Hall–Kier alpha value is -2.50. The van der Waals surface area contributed by atoms with Gasteiger partial charge in [-0.1, -0.05) is 27.2 Å². The molecule has 0 bridgehead atoms. The lowest BCUT2D eigenvalue weighted by atomic mass is 10.2. The molecule has 2 rings (SSSR count). The van der Waals surface area contributed by atoms with E-state index in [0.717, 1.165) is 41.6 Å². The fourth-order valence-electron chi connectivity index (χ4n) is 2.12. The number of nitrogens with one attached hydrogen (secondary N) is 2. The van der Waals surface area contributed by atoms with Gasteiger partial charge in [0.2, 0.25) is 5.96 Å². The standard InChI is InChI=1S/C16H23N5O.CH4/c1-3-4-5-8-18-16(17)21-20-11-12-10-19-15-7-6-13(22-2)9-14(12)15;/h6-7,9-11,19H,3-5,8H2,1-2H3,(H3,17,18,21);1H4/b20-11+;. The molecule has 6 heteroatoms. The number of unbranched alkanes of at least 4 members (excludes halogenated alkanes) is 2. The van der Waals surface area contributed by atoms with Crippen molar-refractivity contribution in [2.24, 2.45) is 15.8 Å². The van der Waals surface area contributed by atoms with Crippen LogP contribution in [-0.2, 0) is 0 Å². The third-order valence-electron chi connectivity index (χ3n) is 3.35. The summed E-state index contributed by atoms with van der Waals surface area (Å²) in [5.41, 5.74) is 10.5. The Bertz CT molecular complexity index is 660. The van der Waals surface area contributed by atoms with Gasteiger partial charge in [-0.05, 0) is 24.6 Å². The van der Waals surface area contributed by atoms with Crippen LogP contribution in [0.4, 0.5) is 0 Å². The van der Waals surface area contributed by atoms with Gasteiger partial charge in [0.1, 0.15) is 5.75 Å². The average molecular weight is 317 g/mol. The number of H-pyrrole nitrogens is 1. The van der Waals surface area contributed by atoms with Crippen LogP contribution in [0, 0.1) is 0 Å². The Morgan fingerprint density at radius 2 is 2.22 bits per heavy atom. The highest BCUT2D eigenvalue weighted by Gasteiger charge is 2.03. The van der Waals surface area contributed by atoms with E-state index in [-0.39, 0.29) is 7.43 Å². The summed E-state index contributed by atoms with van der Waals surface area (Å²) in [7, 11) is 1.65. The van der Waals surface area contributed by atoms with Crippen LogP contribution in [0.1, 0.15) is 39.2 Å². The van der Waals surface area contributed by atoms with Crippen molar-refractivity contribution >= 4 is 23.1 Å². The second kappa shape index (κ2) is 9.50. The van der Waals surface area contributed by atoms with E-state index >= 15 is 0 Å².